The minimum atomic E-state index is -0.804. The van der Waals surface area contributed by atoms with Gasteiger partial charge in [-0.3, -0.25) is 4.79 Å². The van der Waals surface area contributed by atoms with Gasteiger partial charge in [0.1, 0.15) is 0 Å². The maximum Gasteiger partial charge on any atom is 0.318 e. The predicted molar refractivity (Wildman–Crippen MR) is 76.1 cm³/mol. The van der Waals surface area contributed by atoms with Crippen LogP contribution >= 0.6 is 0 Å². The molecule has 0 saturated heterocycles. The van der Waals surface area contributed by atoms with Crippen LogP contribution in [0.1, 0.15) is 40.5 Å². The third kappa shape index (κ3) is 7.49. The molecule has 0 fully saturated rings. The lowest BCUT2D eigenvalue weighted by Crippen LogP contribution is -2.51. The van der Waals surface area contributed by atoms with Gasteiger partial charge in [0.25, 0.3) is 0 Å². The van der Waals surface area contributed by atoms with Crippen molar-refractivity contribution < 1.29 is 14.7 Å². The van der Waals surface area contributed by atoms with Gasteiger partial charge in [-0.2, -0.15) is 0 Å². The van der Waals surface area contributed by atoms with E-state index in [2.05, 4.69) is 11.9 Å². The molecule has 0 radical (unpaired) electrons. The van der Waals surface area contributed by atoms with Crippen molar-refractivity contribution >= 4 is 12.0 Å². The Morgan fingerprint density at radius 2 is 2.00 bits per heavy atom. The van der Waals surface area contributed by atoms with E-state index in [1.165, 1.54) is 0 Å². The first kappa shape index (κ1) is 17.5. The second-order valence-electron chi connectivity index (χ2n) is 5.79. The van der Waals surface area contributed by atoms with E-state index in [1.54, 1.807) is 11.0 Å². The second-order valence-corrected chi connectivity index (χ2v) is 5.79. The zero-order valence-corrected chi connectivity index (χ0v) is 12.4. The fourth-order valence-electron chi connectivity index (χ4n) is 1.62. The Balaban J connectivity index is 4.26. The maximum absolute atomic E-state index is 12.1. The Bertz CT molecular complexity index is 321. The molecule has 0 bridgehead atoms. The lowest BCUT2D eigenvalue weighted by Gasteiger charge is -2.35. The lowest BCUT2D eigenvalue weighted by molar-refractivity contribution is -0.137. The maximum atomic E-state index is 12.1. The van der Waals surface area contributed by atoms with E-state index in [4.69, 9.17) is 5.11 Å². The van der Waals surface area contributed by atoms with E-state index in [1.807, 2.05) is 27.7 Å². The van der Waals surface area contributed by atoms with Gasteiger partial charge in [-0.1, -0.05) is 13.0 Å². The average Bonchev–Trinajstić information content (AvgIpc) is 2.28. The fraction of sp³-hybridized carbons (Fsp3) is 0.714. The molecule has 2 amide bonds. The number of carbonyl (C=O) groups excluding carboxylic acids is 1. The SMILES string of the molecule is C=CCN(C(=O)NCC(C)CCC(=O)O)C(C)(C)C. The van der Waals surface area contributed by atoms with E-state index in [9.17, 15) is 9.59 Å². The highest BCUT2D eigenvalue weighted by molar-refractivity contribution is 5.75. The number of hydrogen-bond donors (Lipinski definition) is 2. The van der Waals surface area contributed by atoms with Gasteiger partial charge < -0.3 is 15.3 Å². The third-order valence-electron chi connectivity index (χ3n) is 2.82. The Hall–Kier alpha value is -1.52. The van der Waals surface area contributed by atoms with Crippen molar-refractivity contribution in [3.8, 4) is 0 Å². The van der Waals surface area contributed by atoms with Gasteiger partial charge in [-0.15, -0.1) is 6.58 Å². The highest BCUT2D eigenvalue weighted by Crippen LogP contribution is 2.13. The average molecular weight is 270 g/mol. The number of urea groups is 1. The minimum Gasteiger partial charge on any atom is -0.481 e. The van der Waals surface area contributed by atoms with Gasteiger partial charge in [0.2, 0.25) is 0 Å². The Morgan fingerprint density at radius 1 is 1.42 bits per heavy atom. The van der Waals surface area contributed by atoms with Crippen molar-refractivity contribution in [2.24, 2.45) is 5.92 Å². The van der Waals surface area contributed by atoms with Gasteiger partial charge in [0.05, 0.1) is 0 Å². The van der Waals surface area contributed by atoms with Gasteiger partial charge in [0, 0.05) is 25.0 Å². The number of amides is 2. The molecule has 19 heavy (non-hydrogen) atoms. The minimum absolute atomic E-state index is 0.132. The lowest BCUT2D eigenvalue weighted by atomic mass is 10.1. The van der Waals surface area contributed by atoms with Crippen LogP contribution < -0.4 is 5.32 Å². The largest absolute Gasteiger partial charge is 0.481 e. The predicted octanol–water partition coefficient (Wildman–Crippen LogP) is 2.48. The van der Waals surface area contributed by atoms with Crippen molar-refractivity contribution in [1.29, 1.82) is 0 Å². The summed E-state index contributed by atoms with van der Waals surface area (Å²) in [6.45, 7) is 12.4. The topological polar surface area (TPSA) is 69.6 Å². The summed E-state index contributed by atoms with van der Waals surface area (Å²) in [5.74, 6) is -0.660. The first-order valence-electron chi connectivity index (χ1n) is 6.56. The molecule has 0 aromatic heterocycles. The normalized spacial score (nSPS) is 12.6. The number of rotatable bonds is 7. The fourth-order valence-corrected chi connectivity index (χ4v) is 1.62. The zero-order valence-electron chi connectivity index (χ0n) is 12.4. The molecule has 0 spiro atoms. The molecule has 0 aliphatic heterocycles. The molecule has 0 aromatic carbocycles. The first-order chi connectivity index (χ1) is 8.68. The molecule has 5 heteroatoms. The summed E-state index contributed by atoms with van der Waals surface area (Å²) in [6, 6.07) is -0.144. The van der Waals surface area contributed by atoms with Crippen molar-refractivity contribution in [2.45, 2.75) is 46.1 Å². The van der Waals surface area contributed by atoms with Crippen molar-refractivity contribution in [2.75, 3.05) is 13.1 Å². The summed E-state index contributed by atoms with van der Waals surface area (Å²) in [4.78, 5) is 24.2. The zero-order chi connectivity index (χ0) is 15.1. The van der Waals surface area contributed by atoms with Crippen LogP contribution in [0.4, 0.5) is 4.79 Å². The highest BCUT2D eigenvalue weighted by atomic mass is 16.4. The molecule has 110 valence electrons. The number of aliphatic carboxylic acids is 1. The first-order valence-corrected chi connectivity index (χ1v) is 6.56. The van der Waals surface area contributed by atoms with Crippen molar-refractivity contribution in [3.05, 3.63) is 12.7 Å². The Morgan fingerprint density at radius 3 is 2.42 bits per heavy atom. The molecular weight excluding hydrogens is 244 g/mol. The highest BCUT2D eigenvalue weighted by Gasteiger charge is 2.25. The van der Waals surface area contributed by atoms with Crippen LogP contribution in [0.2, 0.25) is 0 Å². The summed E-state index contributed by atoms with van der Waals surface area (Å²) in [5, 5.41) is 11.4. The smallest absolute Gasteiger partial charge is 0.318 e. The Kier molecular flexibility index (Phi) is 7.19. The number of hydrogen-bond acceptors (Lipinski definition) is 2. The molecule has 0 aromatic rings. The monoisotopic (exact) mass is 270 g/mol. The number of nitrogens with zero attached hydrogens (tertiary/aromatic N) is 1. The van der Waals surface area contributed by atoms with Gasteiger partial charge in [-0.25, -0.2) is 4.79 Å². The van der Waals surface area contributed by atoms with Gasteiger partial charge in [-0.05, 0) is 33.1 Å². The molecule has 0 rings (SSSR count). The van der Waals surface area contributed by atoms with E-state index in [0.717, 1.165) is 0 Å². The van der Waals surface area contributed by atoms with Crippen molar-refractivity contribution in [3.63, 3.8) is 0 Å². The number of carboxylic acid groups (broad SMARTS) is 1. The van der Waals surface area contributed by atoms with Crippen LogP contribution in [0.25, 0.3) is 0 Å². The molecular formula is C14H26N2O3. The van der Waals surface area contributed by atoms with Crippen LogP contribution in [0, 0.1) is 5.92 Å². The molecule has 1 unspecified atom stereocenters. The molecule has 2 N–H and O–H groups in total. The summed E-state index contributed by atoms with van der Waals surface area (Å²) >= 11 is 0. The quantitative estimate of drug-likeness (QED) is 0.698. The molecule has 5 nitrogen and oxygen atoms in total. The van der Waals surface area contributed by atoms with Crippen LogP contribution in [0.3, 0.4) is 0 Å². The summed E-state index contributed by atoms with van der Waals surface area (Å²) in [5.41, 5.74) is -0.275. The second kappa shape index (κ2) is 7.81. The third-order valence-corrected chi connectivity index (χ3v) is 2.82. The standard InChI is InChI=1S/C14H26N2O3/c1-6-9-16(14(3,4)5)13(19)15-10-11(2)7-8-12(17)18/h6,11H,1,7-10H2,2-5H3,(H,15,19)(H,17,18). The number of nitrogens with one attached hydrogen (secondary N) is 1. The van der Waals surface area contributed by atoms with Crippen LogP contribution in [0.5, 0.6) is 0 Å². The van der Waals surface area contributed by atoms with Crippen LogP contribution in [0.15, 0.2) is 12.7 Å². The van der Waals surface area contributed by atoms with E-state index < -0.39 is 5.97 Å². The number of carboxylic acids is 1. The summed E-state index contributed by atoms with van der Waals surface area (Å²) < 4.78 is 0. The molecule has 1 atom stereocenters. The van der Waals surface area contributed by atoms with Crippen molar-refractivity contribution in [1.82, 2.24) is 10.2 Å². The molecule has 0 aliphatic rings. The van der Waals surface area contributed by atoms with Gasteiger partial charge in [0.15, 0.2) is 0 Å². The van der Waals surface area contributed by atoms with E-state index in [-0.39, 0.29) is 23.9 Å². The molecule has 0 aliphatic carbocycles. The van der Waals surface area contributed by atoms with E-state index in [0.29, 0.717) is 19.5 Å². The molecule has 0 heterocycles. The summed E-state index contributed by atoms with van der Waals surface area (Å²) in [6.07, 6.45) is 2.39. The van der Waals surface area contributed by atoms with Crippen LogP contribution in [-0.2, 0) is 4.79 Å². The number of carbonyl (C=O) groups is 2. The van der Waals surface area contributed by atoms with Gasteiger partial charge >= 0.3 is 12.0 Å². The summed E-state index contributed by atoms with van der Waals surface area (Å²) in [7, 11) is 0. The van der Waals surface area contributed by atoms with Crippen LogP contribution in [-0.4, -0.2) is 40.6 Å². The molecule has 0 saturated carbocycles. The van der Waals surface area contributed by atoms with E-state index >= 15 is 0 Å². The Labute approximate surface area is 115 Å².